The molecule has 0 amide bonds. The normalized spacial score (nSPS) is 21.0. The molecule has 26 heavy (non-hydrogen) atoms. The second-order valence-corrected chi connectivity index (χ2v) is 8.73. The van der Waals surface area contributed by atoms with E-state index in [9.17, 15) is 0 Å². The second-order valence-electron chi connectivity index (χ2n) is 7.02. The van der Waals surface area contributed by atoms with E-state index in [-0.39, 0.29) is 6.04 Å². The number of aliphatic imine (C=N–C) groups is 1. The van der Waals surface area contributed by atoms with Gasteiger partial charge in [-0.2, -0.15) is 0 Å². The molecule has 0 saturated carbocycles. The molecule has 2 nitrogen and oxygen atoms in total. The molecule has 0 aromatic heterocycles. The van der Waals surface area contributed by atoms with Gasteiger partial charge in [-0.3, -0.25) is 4.99 Å². The highest BCUT2D eigenvalue weighted by atomic mass is 35.5. The number of benzene rings is 2. The lowest BCUT2D eigenvalue weighted by Gasteiger charge is -2.43. The summed E-state index contributed by atoms with van der Waals surface area (Å²) in [6, 6.07) is 16.4. The van der Waals surface area contributed by atoms with E-state index in [0.717, 1.165) is 15.2 Å². The van der Waals surface area contributed by atoms with Gasteiger partial charge in [0.2, 0.25) is 0 Å². The first-order valence-electron chi connectivity index (χ1n) is 8.71. The number of rotatable bonds is 3. The molecule has 134 valence electrons. The van der Waals surface area contributed by atoms with Gasteiger partial charge < -0.3 is 4.90 Å². The third kappa shape index (κ3) is 2.60. The smallest absolute Gasteiger partial charge is 0.169 e. The molecule has 2 aromatic carbocycles. The highest BCUT2D eigenvalue weighted by Crippen LogP contribution is 2.52. The van der Waals surface area contributed by atoms with Gasteiger partial charge in [-0.1, -0.05) is 73.1 Å². The van der Waals surface area contributed by atoms with Crippen LogP contribution in [0.15, 0.2) is 64.6 Å². The first kappa shape index (κ1) is 18.0. The van der Waals surface area contributed by atoms with Crippen molar-refractivity contribution in [3.63, 3.8) is 0 Å². The molecule has 0 fully saturated rings. The summed E-state index contributed by atoms with van der Waals surface area (Å²) in [7, 11) is 0. The number of nitrogens with zero attached hydrogens (tertiary/aromatic N) is 2. The number of fused-ring (bicyclic) bond motifs is 1. The maximum Gasteiger partial charge on any atom is 0.169 e. The van der Waals surface area contributed by atoms with Crippen LogP contribution in [0.2, 0.25) is 10.0 Å². The zero-order chi connectivity index (χ0) is 18.5. The summed E-state index contributed by atoms with van der Waals surface area (Å²) in [5.74, 6) is 0.402. The summed E-state index contributed by atoms with van der Waals surface area (Å²) in [5.41, 5.74) is 3.27. The van der Waals surface area contributed by atoms with Crippen LogP contribution in [0.3, 0.4) is 0 Å². The van der Waals surface area contributed by atoms with Crippen LogP contribution in [0.1, 0.15) is 31.9 Å². The summed E-state index contributed by atoms with van der Waals surface area (Å²) >= 11 is 14.1. The Hall–Kier alpha value is -1.42. The van der Waals surface area contributed by atoms with Gasteiger partial charge in [0.15, 0.2) is 5.17 Å². The van der Waals surface area contributed by atoms with Crippen LogP contribution in [-0.2, 0) is 5.54 Å². The molecule has 0 bridgehead atoms. The van der Waals surface area contributed by atoms with Crippen LogP contribution in [0, 0.1) is 5.92 Å². The van der Waals surface area contributed by atoms with Crippen molar-refractivity contribution in [2.45, 2.75) is 32.4 Å². The zero-order valence-electron chi connectivity index (χ0n) is 14.9. The van der Waals surface area contributed by atoms with Crippen LogP contribution in [0.25, 0.3) is 0 Å². The van der Waals surface area contributed by atoms with E-state index < -0.39 is 5.54 Å². The molecule has 2 aliphatic rings. The number of hydrogen-bond acceptors (Lipinski definition) is 3. The Bertz CT molecular complexity index is 840. The summed E-state index contributed by atoms with van der Waals surface area (Å²) in [5, 5.41) is 4.77. The Balaban J connectivity index is 1.98. The molecule has 5 heteroatoms. The quantitative estimate of drug-likeness (QED) is 0.578. The summed E-state index contributed by atoms with van der Waals surface area (Å²) in [6.45, 7) is 6.65. The molecule has 2 aliphatic heterocycles. The third-order valence-corrected chi connectivity index (χ3v) is 6.52. The van der Waals surface area contributed by atoms with Gasteiger partial charge in [0.05, 0.1) is 6.04 Å². The highest BCUT2D eigenvalue weighted by molar-refractivity contribution is 8.16. The summed E-state index contributed by atoms with van der Waals surface area (Å²) in [6.07, 6.45) is 0. The minimum atomic E-state index is -0.399. The predicted octanol–water partition coefficient (Wildman–Crippen LogP) is 6.54. The van der Waals surface area contributed by atoms with E-state index in [4.69, 9.17) is 28.2 Å². The van der Waals surface area contributed by atoms with E-state index in [0.29, 0.717) is 5.92 Å². The first-order valence-corrected chi connectivity index (χ1v) is 10.3. The SMILES string of the molecule is CC(C)C1=CSC2=NC(C)C(c3ccc(Cl)cc3)(c3ccc(Cl)cc3)N12. The molecule has 4 rings (SSSR count). The number of allylic oxidation sites excluding steroid dienone is 1. The average Bonchev–Trinajstić information content (AvgIpc) is 3.14. The van der Waals surface area contributed by atoms with E-state index in [2.05, 4.69) is 55.3 Å². The number of hydrogen-bond donors (Lipinski definition) is 0. The Morgan fingerprint density at radius 1 is 0.962 bits per heavy atom. The van der Waals surface area contributed by atoms with Crippen molar-refractivity contribution in [2.75, 3.05) is 0 Å². The Kier molecular flexibility index (Phi) is 4.58. The van der Waals surface area contributed by atoms with Crippen LogP contribution in [-0.4, -0.2) is 16.1 Å². The topological polar surface area (TPSA) is 15.6 Å². The van der Waals surface area contributed by atoms with E-state index >= 15 is 0 Å². The molecule has 0 radical (unpaired) electrons. The fraction of sp³-hybridized carbons (Fsp3) is 0.286. The van der Waals surface area contributed by atoms with Crippen molar-refractivity contribution in [3.8, 4) is 0 Å². The number of thioether (sulfide) groups is 1. The van der Waals surface area contributed by atoms with Crippen LogP contribution >= 0.6 is 35.0 Å². The average molecular weight is 403 g/mol. The third-order valence-electron chi connectivity index (χ3n) is 5.16. The van der Waals surface area contributed by atoms with Crippen molar-refractivity contribution in [1.82, 2.24) is 4.90 Å². The lowest BCUT2D eigenvalue weighted by Crippen LogP contribution is -2.49. The largest absolute Gasteiger partial charge is 0.307 e. The van der Waals surface area contributed by atoms with Gasteiger partial charge in [-0.25, -0.2) is 0 Å². The predicted molar refractivity (Wildman–Crippen MR) is 113 cm³/mol. The fourth-order valence-electron chi connectivity index (χ4n) is 3.93. The van der Waals surface area contributed by atoms with Crippen molar-refractivity contribution in [3.05, 3.63) is 80.8 Å². The number of halogens is 2. The van der Waals surface area contributed by atoms with E-state index in [1.807, 2.05) is 24.3 Å². The van der Waals surface area contributed by atoms with Crippen LogP contribution < -0.4 is 0 Å². The van der Waals surface area contributed by atoms with Crippen molar-refractivity contribution >= 4 is 40.1 Å². The minimum absolute atomic E-state index is 0.0646. The Morgan fingerprint density at radius 2 is 1.46 bits per heavy atom. The second kappa shape index (κ2) is 6.63. The zero-order valence-corrected chi connectivity index (χ0v) is 17.2. The maximum atomic E-state index is 6.18. The molecular weight excluding hydrogens is 383 g/mol. The molecule has 2 heterocycles. The van der Waals surface area contributed by atoms with Gasteiger partial charge in [-0.15, -0.1) is 0 Å². The molecule has 0 aliphatic carbocycles. The van der Waals surface area contributed by atoms with Crippen molar-refractivity contribution in [2.24, 2.45) is 10.9 Å². The molecular formula is C21H20Cl2N2S. The molecule has 2 aromatic rings. The number of amidine groups is 1. The van der Waals surface area contributed by atoms with Crippen molar-refractivity contribution in [1.29, 1.82) is 0 Å². The maximum absolute atomic E-state index is 6.18. The molecule has 0 N–H and O–H groups in total. The van der Waals surface area contributed by atoms with Crippen molar-refractivity contribution < 1.29 is 0 Å². The molecule has 1 atom stereocenters. The van der Waals surface area contributed by atoms with Gasteiger partial charge >= 0.3 is 0 Å². The monoisotopic (exact) mass is 402 g/mol. The molecule has 0 saturated heterocycles. The van der Waals surface area contributed by atoms with Crippen LogP contribution in [0.5, 0.6) is 0 Å². The van der Waals surface area contributed by atoms with Gasteiger partial charge in [0.1, 0.15) is 5.54 Å². The Labute approximate surface area is 168 Å². The highest BCUT2D eigenvalue weighted by Gasteiger charge is 2.54. The van der Waals surface area contributed by atoms with Crippen LogP contribution in [0.4, 0.5) is 0 Å². The summed E-state index contributed by atoms with van der Waals surface area (Å²) in [4.78, 5) is 7.44. The lowest BCUT2D eigenvalue weighted by molar-refractivity contribution is 0.249. The summed E-state index contributed by atoms with van der Waals surface area (Å²) < 4.78 is 0. The standard InChI is InChI=1S/C21H20Cl2N2S/c1-13(2)19-12-26-20-24-14(3)21(25(19)20,15-4-8-17(22)9-5-15)16-6-10-18(23)11-7-16/h4-14H,1-3H3. The Morgan fingerprint density at radius 3 is 1.92 bits per heavy atom. The van der Waals surface area contributed by atoms with Gasteiger partial charge in [0.25, 0.3) is 0 Å². The fourth-order valence-corrected chi connectivity index (χ4v) is 5.36. The van der Waals surface area contributed by atoms with E-state index in [1.54, 1.807) is 11.8 Å². The molecule has 1 unspecified atom stereocenters. The van der Waals surface area contributed by atoms with E-state index in [1.165, 1.54) is 16.8 Å². The van der Waals surface area contributed by atoms with Gasteiger partial charge in [0, 0.05) is 15.7 Å². The molecule has 0 spiro atoms. The minimum Gasteiger partial charge on any atom is -0.307 e. The van der Waals surface area contributed by atoms with Gasteiger partial charge in [-0.05, 0) is 53.6 Å². The lowest BCUT2D eigenvalue weighted by atomic mass is 9.76. The first-order chi connectivity index (χ1) is 12.4.